The number of halogens is 1. The quantitative estimate of drug-likeness (QED) is 0.891. The molecule has 0 bridgehead atoms. The minimum atomic E-state index is -0.0171. The number of nitrogens with zero attached hydrogens (tertiary/aromatic N) is 1. The van der Waals surface area contributed by atoms with Crippen LogP contribution < -0.4 is 5.32 Å². The Kier molecular flexibility index (Phi) is 5.34. The number of nitrogens with one attached hydrogen (secondary N) is 1. The van der Waals surface area contributed by atoms with Gasteiger partial charge in [0.2, 0.25) is 0 Å². The molecule has 0 atom stereocenters. The van der Waals surface area contributed by atoms with Gasteiger partial charge in [-0.05, 0) is 55.9 Å². The molecule has 0 saturated heterocycles. The van der Waals surface area contributed by atoms with Gasteiger partial charge in [-0.2, -0.15) is 11.8 Å². The minimum absolute atomic E-state index is 0.0171. The number of rotatable bonds is 5. The second kappa shape index (κ2) is 6.15. The van der Waals surface area contributed by atoms with Crippen molar-refractivity contribution >= 4 is 33.6 Å². The third-order valence-electron chi connectivity index (χ3n) is 2.83. The van der Waals surface area contributed by atoms with E-state index in [0.29, 0.717) is 12.2 Å². The second-order valence-electron chi connectivity index (χ2n) is 5.19. The summed E-state index contributed by atoms with van der Waals surface area (Å²) in [4.78, 5) is 12.2. The summed E-state index contributed by atoms with van der Waals surface area (Å²) in [5.41, 5.74) is 0.703. The molecule has 0 aliphatic carbocycles. The first kappa shape index (κ1) is 15.6. The highest BCUT2D eigenvalue weighted by atomic mass is 79.9. The van der Waals surface area contributed by atoms with Crippen LogP contribution in [0.15, 0.2) is 16.7 Å². The summed E-state index contributed by atoms with van der Waals surface area (Å²) in [7, 11) is 0. The molecule has 0 spiro atoms. The van der Waals surface area contributed by atoms with Gasteiger partial charge in [0.05, 0.1) is 0 Å². The van der Waals surface area contributed by atoms with Crippen LogP contribution in [-0.2, 0) is 0 Å². The van der Waals surface area contributed by atoms with E-state index in [1.165, 1.54) is 0 Å². The maximum absolute atomic E-state index is 12.2. The summed E-state index contributed by atoms with van der Waals surface area (Å²) in [6.07, 6.45) is 4.00. The van der Waals surface area contributed by atoms with Gasteiger partial charge < -0.3 is 9.88 Å². The number of hydrogen-bond donors (Lipinski definition) is 1. The SMILES string of the molecule is CSC(C)(C)CNC(=O)c1cc(Br)cn1C(C)C. The van der Waals surface area contributed by atoms with Crippen molar-refractivity contribution in [3.05, 3.63) is 22.4 Å². The Morgan fingerprint density at radius 1 is 1.56 bits per heavy atom. The van der Waals surface area contributed by atoms with Gasteiger partial charge in [-0.25, -0.2) is 0 Å². The molecule has 1 N–H and O–H groups in total. The van der Waals surface area contributed by atoms with Crippen molar-refractivity contribution in [3.8, 4) is 0 Å². The van der Waals surface area contributed by atoms with Gasteiger partial charge in [-0.3, -0.25) is 4.79 Å². The standard InChI is InChI=1S/C13H21BrN2OS/c1-9(2)16-7-10(14)6-11(16)12(17)15-8-13(3,4)18-5/h6-7,9H,8H2,1-5H3,(H,15,17). The van der Waals surface area contributed by atoms with Crippen molar-refractivity contribution in [2.24, 2.45) is 0 Å². The maximum Gasteiger partial charge on any atom is 0.268 e. The van der Waals surface area contributed by atoms with Crippen LogP contribution in [0.3, 0.4) is 0 Å². The molecule has 1 amide bonds. The third-order valence-corrected chi connectivity index (χ3v) is 4.51. The topological polar surface area (TPSA) is 34.0 Å². The van der Waals surface area contributed by atoms with Crippen LogP contribution in [0.2, 0.25) is 0 Å². The Morgan fingerprint density at radius 2 is 2.17 bits per heavy atom. The Bertz CT molecular complexity index is 427. The smallest absolute Gasteiger partial charge is 0.268 e. The third kappa shape index (κ3) is 4.05. The van der Waals surface area contributed by atoms with E-state index in [4.69, 9.17) is 0 Å². The molecule has 1 aromatic rings. The van der Waals surface area contributed by atoms with E-state index in [2.05, 4.69) is 55.2 Å². The van der Waals surface area contributed by atoms with E-state index in [1.807, 2.05) is 16.8 Å². The molecule has 0 fully saturated rings. The van der Waals surface area contributed by atoms with Crippen LogP contribution >= 0.6 is 27.7 Å². The first-order valence-electron chi connectivity index (χ1n) is 5.97. The van der Waals surface area contributed by atoms with E-state index in [0.717, 1.165) is 4.47 Å². The lowest BCUT2D eigenvalue weighted by Gasteiger charge is -2.22. The van der Waals surface area contributed by atoms with Crippen molar-refractivity contribution < 1.29 is 4.79 Å². The molecule has 0 saturated carbocycles. The fourth-order valence-electron chi connectivity index (χ4n) is 1.51. The Labute approximate surface area is 122 Å². The van der Waals surface area contributed by atoms with E-state index < -0.39 is 0 Å². The number of aromatic nitrogens is 1. The molecule has 5 heteroatoms. The average Bonchev–Trinajstić information content (AvgIpc) is 2.68. The summed E-state index contributed by atoms with van der Waals surface area (Å²) in [5.74, 6) is -0.0171. The van der Waals surface area contributed by atoms with E-state index in [1.54, 1.807) is 11.8 Å². The Morgan fingerprint density at radius 3 is 2.67 bits per heavy atom. The summed E-state index contributed by atoms with van der Waals surface area (Å²) in [5, 5.41) is 3.00. The molecule has 18 heavy (non-hydrogen) atoms. The van der Waals surface area contributed by atoms with Gasteiger partial charge in [-0.15, -0.1) is 0 Å². The largest absolute Gasteiger partial charge is 0.349 e. The van der Waals surface area contributed by atoms with Crippen LogP contribution in [0.1, 0.15) is 44.2 Å². The fourth-order valence-corrected chi connectivity index (χ4v) is 2.16. The van der Waals surface area contributed by atoms with E-state index in [-0.39, 0.29) is 16.7 Å². The van der Waals surface area contributed by atoms with Gasteiger partial charge in [0, 0.05) is 28.0 Å². The minimum Gasteiger partial charge on any atom is -0.349 e. The first-order valence-corrected chi connectivity index (χ1v) is 7.99. The number of carbonyl (C=O) groups excluding carboxylic acids is 1. The van der Waals surface area contributed by atoms with Crippen LogP contribution in [0.25, 0.3) is 0 Å². The van der Waals surface area contributed by atoms with Gasteiger partial charge in [0.25, 0.3) is 5.91 Å². The van der Waals surface area contributed by atoms with Gasteiger partial charge in [-0.1, -0.05) is 0 Å². The van der Waals surface area contributed by atoms with Crippen molar-refractivity contribution in [2.45, 2.75) is 38.5 Å². The molecule has 0 unspecified atom stereocenters. The molecule has 1 aromatic heterocycles. The highest BCUT2D eigenvalue weighted by molar-refractivity contribution is 9.10. The van der Waals surface area contributed by atoms with E-state index in [9.17, 15) is 4.79 Å². The number of amides is 1. The number of hydrogen-bond acceptors (Lipinski definition) is 2. The van der Waals surface area contributed by atoms with Gasteiger partial charge in [0.1, 0.15) is 5.69 Å². The monoisotopic (exact) mass is 332 g/mol. The van der Waals surface area contributed by atoms with Crippen LogP contribution in [0.5, 0.6) is 0 Å². The first-order chi connectivity index (χ1) is 8.26. The molecule has 1 rings (SSSR count). The van der Waals surface area contributed by atoms with E-state index >= 15 is 0 Å². The predicted molar refractivity (Wildman–Crippen MR) is 82.4 cm³/mol. The summed E-state index contributed by atoms with van der Waals surface area (Å²) >= 11 is 5.17. The normalized spacial score (nSPS) is 11.9. The van der Waals surface area contributed by atoms with Crippen molar-refractivity contribution in [1.29, 1.82) is 0 Å². The molecule has 102 valence electrons. The van der Waals surface area contributed by atoms with Crippen LogP contribution in [0, 0.1) is 0 Å². The number of carbonyl (C=O) groups is 1. The Hall–Kier alpha value is -0.420. The van der Waals surface area contributed by atoms with Crippen molar-refractivity contribution in [1.82, 2.24) is 9.88 Å². The summed E-state index contributed by atoms with van der Waals surface area (Å²) in [6, 6.07) is 2.13. The zero-order chi connectivity index (χ0) is 13.9. The Balaban J connectivity index is 2.79. The summed E-state index contributed by atoms with van der Waals surface area (Å²) < 4.78 is 2.97. The summed E-state index contributed by atoms with van der Waals surface area (Å²) in [6.45, 7) is 9.03. The van der Waals surface area contributed by atoms with Gasteiger partial charge >= 0.3 is 0 Å². The molecule has 3 nitrogen and oxygen atoms in total. The molecule has 1 heterocycles. The highest BCUT2D eigenvalue weighted by Crippen LogP contribution is 2.21. The zero-order valence-corrected chi connectivity index (χ0v) is 14.0. The van der Waals surface area contributed by atoms with Crippen LogP contribution in [0.4, 0.5) is 0 Å². The van der Waals surface area contributed by atoms with Crippen molar-refractivity contribution in [3.63, 3.8) is 0 Å². The second-order valence-corrected chi connectivity index (χ2v) is 7.62. The fraction of sp³-hybridized carbons (Fsp3) is 0.615. The molecule has 0 aliphatic heterocycles. The average molecular weight is 333 g/mol. The number of thioether (sulfide) groups is 1. The van der Waals surface area contributed by atoms with Gasteiger partial charge in [0.15, 0.2) is 0 Å². The molecule has 0 aromatic carbocycles. The zero-order valence-electron chi connectivity index (χ0n) is 11.6. The molecule has 0 radical (unpaired) electrons. The lowest BCUT2D eigenvalue weighted by molar-refractivity contribution is 0.0940. The van der Waals surface area contributed by atoms with Crippen molar-refractivity contribution in [2.75, 3.05) is 12.8 Å². The molecular weight excluding hydrogens is 312 g/mol. The predicted octanol–water partition coefficient (Wildman–Crippen LogP) is 3.70. The van der Waals surface area contributed by atoms with Crippen LogP contribution in [-0.4, -0.2) is 28.0 Å². The highest BCUT2D eigenvalue weighted by Gasteiger charge is 2.20. The molecule has 0 aliphatic rings. The maximum atomic E-state index is 12.2. The lowest BCUT2D eigenvalue weighted by atomic mass is 10.2. The lowest BCUT2D eigenvalue weighted by Crippen LogP contribution is -2.37. The molecular formula is C13H21BrN2OS.